The molecule has 9 nitrogen and oxygen atoms in total. The van der Waals surface area contributed by atoms with Gasteiger partial charge in [0.1, 0.15) is 11.5 Å². The quantitative estimate of drug-likeness (QED) is 0.843. The lowest BCUT2D eigenvalue weighted by Gasteiger charge is -2.20. The lowest BCUT2D eigenvalue weighted by molar-refractivity contribution is 0.0167. The first-order valence-electron chi connectivity index (χ1n) is 9.13. The zero-order valence-electron chi connectivity index (χ0n) is 14.8. The van der Waals surface area contributed by atoms with E-state index in [1.807, 2.05) is 6.92 Å². The standard InChI is InChI=1S/C17H23N5O4/c1-2-14-19-15(26-21-14)17(24)7-8-22(10-17)16(23)18-9-12-11-5-3-4-6-13(11)25-20-12/h24H,2-10H2,1H3,(H,18,23). The van der Waals surface area contributed by atoms with Crippen molar-refractivity contribution in [3.63, 3.8) is 0 Å². The molecular weight excluding hydrogens is 338 g/mol. The number of hydrogen-bond acceptors (Lipinski definition) is 7. The number of nitrogens with one attached hydrogen (secondary N) is 1. The van der Waals surface area contributed by atoms with Gasteiger partial charge in [-0.3, -0.25) is 0 Å². The summed E-state index contributed by atoms with van der Waals surface area (Å²) < 4.78 is 10.5. The Hall–Kier alpha value is -2.42. The molecule has 2 N–H and O–H groups in total. The number of rotatable bonds is 4. The third kappa shape index (κ3) is 3.07. The highest BCUT2D eigenvalue weighted by molar-refractivity contribution is 5.74. The van der Waals surface area contributed by atoms with E-state index in [1.54, 1.807) is 4.90 Å². The van der Waals surface area contributed by atoms with Crippen LogP contribution >= 0.6 is 0 Å². The summed E-state index contributed by atoms with van der Waals surface area (Å²) >= 11 is 0. The Morgan fingerprint density at radius 3 is 2.96 bits per heavy atom. The van der Waals surface area contributed by atoms with Gasteiger partial charge in [0.05, 0.1) is 13.1 Å². The van der Waals surface area contributed by atoms with Gasteiger partial charge in [-0.15, -0.1) is 0 Å². The molecule has 140 valence electrons. The summed E-state index contributed by atoms with van der Waals surface area (Å²) in [5.41, 5.74) is 0.643. The average molecular weight is 361 g/mol. The van der Waals surface area contributed by atoms with Gasteiger partial charge in [-0.05, 0) is 19.3 Å². The Kier molecular flexibility index (Phi) is 4.39. The predicted molar refractivity (Wildman–Crippen MR) is 89.1 cm³/mol. The number of hydrogen-bond donors (Lipinski definition) is 2. The Morgan fingerprint density at radius 2 is 2.15 bits per heavy atom. The van der Waals surface area contributed by atoms with E-state index in [-0.39, 0.29) is 18.5 Å². The van der Waals surface area contributed by atoms with Gasteiger partial charge >= 0.3 is 6.03 Å². The fraction of sp³-hybridized carbons (Fsp3) is 0.647. The molecule has 0 saturated carbocycles. The van der Waals surface area contributed by atoms with E-state index in [0.29, 0.717) is 31.8 Å². The summed E-state index contributed by atoms with van der Waals surface area (Å²) in [7, 11) is 0. The third-order valence-electron chi connectivity index (χ3n) is 5.16. The third-order valence-corrected chi connectivity index (χ3v) is 5.16. The first-order valence-corrected chi connectivity index (χ1v) is 9.13. The van der Waals surface area contributed by atoms with Crippen LogP contribution in [0.15, 0.2) is 9.05 Å². The first kappa shape index (κ1) is 17.0. The molecule has 0 radical (unpaired) electrons. The zero-order chi connectivity index (χ0) is 18.1. The van der Waals surface area contributed by atoms with E-state index in [9.17, 15) is 9.90 Å². The molecule has 9 heteroatoms. The van der Waals surface area contributed by atoms with Crippen LogP contribution in [-0.2, 0) is 31.4 Å². The molecule has 1 aliphatic carbocycles. The molecule has 2 aliphatic rings. The molecule has 0 spiro atoms. The first-order chi connectivity index (χ1) is 12.6. The van der Waals surface area contributed by atoms with Gasteiger partial charge < -0.3 is 24.4 Å². The van der Waals surface area contributed by atoms with Crippen LogP contribution < -0.4 is 5.32 Å². The van der Waals surface area contributed by atoms with Crippen LogP contribution in [-0.4, -0.2) is 44.4 Å². The largest absolute Gasteiger partial charge is 0.378 e. The molecule has 1 atom stereocenters. The topological polar surface area (TPSA) is 118 Å². The number of aryl methyl sites for hydroxylation is 2. The number of nitrogens with zero attached hydrogens (tertiary/aromatic N) is 4. The zero-order valence-corrected chi connectivity index (χ0v) is 14.8. The van der Waals surface area contributed by atoms with Gasteiger partial charge in [0, 0.05) is 31.4 Å². The van der Waals surface area contributed by atoms with E-state index >= 15 is 0 Å². The number of fused-ring (bicyclic) bond motifs is 1. The van der Waals surface area contributed by atoms with Crippen molar-refractivity contribution < 1.29 is 18.9 Å². The highest BCUT2D eigenvalue weighted by Gasteiger charge is 2.44. The second kappa shape index (κ2) is 6.71. The normalized spacial score (nSPS) is 22.5. The number of amides is 2. The number of carbonyl (C=O) groups excluding carboxylic acids is 1. The van der Waals surface area contributed by atoms with Gasteiger partial charge in [0.15, 0.2) is 11.4 Å². The minimum Gasteiger partial charge on any atom is -0.378 e. The molecule has 0 bridgehead atoms. The van der Waals surface area contributed by atoms with Crippen molar-refractivity contribution in [2.45, 2.75) is 57.6 Å². The van der Waals surface area contributed by atoms with Crippen molar-refractivity contribution in [2.75, 3.05) is 13.1 Å². The van der Waals surface area contributed by atoms with Crippen LogP contribution in [0.1, 0.15) is 54.9 Å². The molecular formula is C17H23N5O4. The molecule has 2 aromatic heterocycles. The smallest absolute Gasteiger partial charge is 0.317 e. The van der Waals surface area contributed by atoms with E-state index in [1.165, 1.54) is 0 Å². The summed E-state index contributed by atoms with van der Waals surface area (Å²) in [4.78, 5) is 18.2. The second-order valence-electron chi connectivity index (χ2n) is 6.97. The van der Waals surface area contributed by atoms with Crippen LogP contribution in [0.2, 0.25) is 0 Å². The number of carbonyl (C=O) groups is 1. The van der Waals surface area contributed by atoms with Crippen LogP contribution in [0.5, 0.6) is 0 Å². The number of aromatic nitrogens is 3. The molecule has 3 heterocycles. The fourth-order valence-corrected chi connectivity index (χ4v) is 3.59. The van der Waals surface area contributed by atoms with Crippen molar-refractivity contribution in [1.82, 2.24) is 25.5 Å². The lowest BCUT2D eigenvalue weighted by Crippen LogP contribution is -2.40. The molecule has 1 saturated heterocycles. The van der Waals surface area contributed by atoms with Crippen LogP contribution in [0.4, 0.5) is 4.79 Å². The monoisotopic (exact) mass is 361 g/mol. The van der Waals surface area contributed by atoms with Crippen molar-refractivity contribution in [3.05, 3.63) is 28.7 Å². The van der Waals surface area contributed by atoms with Gasteiger partial charge in [-0.2, -0.15) is 4.98 Å². The Balaban J connectivity index is 1.36. The minimum atomic E-state index is -1.29. The average Bonchev–Trinajstić information content (AvgIpc) is 3.38. The minimum absolute atomic E-state index is 0.126. The maximum Gasteiger partial charge on any atom is 0.317 e. The summed E-state index contributed by atoms with van der Waals surface area (Å²) in [5.74, 6) is 1.67. The number of β-amino-alcohol motifs (C(OH)–C–C–N with tert-alkyl or cyclic N) is 1. The lowest BCUT2D eigenvalue weighted by atomic mass is 9.96. The van der Waals surface area contributed by atoms with Crippen LogP contribution in [0.3, 0.4) is 0 Å². The van der Waals surface area contributed by atoms with Crippen LogP contribution in [0, 0.1) is 0 Å². The predicted octanol–water partition coefficient (Wildman–Crippen LogP) is 1.30. The Bertz CT molecular complexity index is 801. The van der Waals surface area contributed by atoms with Crippen molar-refractivity contribution in [1.29, 1.82) is 0 Å². The molecule has 1 unspecified atom stereocenters. The highest BCUT2D eigenvalue weighted by atomic mass is 16.5. The summed E-state index contributed by atoms with van der Waals surface area (Å²) in [6, 6.07) is -0.247. The van der Waals surface area contributed by atoms with Crippen molar-refractivity contribution in [2.24, 2.45) is 0 Å². The summed E-state index contributed by atoms with van der Waals surface area (Å²) in [6.07, 6.45) is 5.11. The van der Waals surface area contributed by atoms with Crippen molar-refractivity contribution >= 4 is 6.03 Å². The van der Waals surface area contributed by atoms with Crippen LogP contribution in [0.25, 0.3) is 0 Å². The SMILES string of the molecule is CCc1noc(C2(O)CCN(C(=O)NCc3noc4c3CCCC4)C2)n1. The van der Waals surface area contributed by atoms with Gasteiger partial charge in [-0.25, -0.2) is 4.79 Å². The van der Waals surface area contributed by atoms with E-state index in [4.69, 9.17) is 9.05 Å². The molecule has 2 aromatic rings. The number of likely N-dealkylation sites (tertiary alicyclic amines) is 1. The van der Waals surface area contributed by atoms with Gasteiger partial charge in [0.25, 0.3) is 5.89 Å². The second-order valence-corrected chi connectivity index (χ2v) is 6.97. The number of urea groups is 1. The molecule has 0 aromatic carbocycles. The maximum absolute atomic E-state index is 12.5. The molecule has 1 aliphatic heterocycles. The van der Waals surface area contributed by atoms with E-state index in [2.05, 4.69) is 20.6 Å². The Morgan fingerprint density at radius 1 is 1.31 bits per heavy atom. The summed E-state index contributed by atoms with van der Waals surface area (Å²) in [6.45, 7) is 2.78. The highest BCUT2D eigenvalue weighted by Crippen LogP contribution is 2.31. The molecule has 4 rings (SSSR count). The van der Waals surface area contributed by atoms with E-state index in [0.717, 1.165) is 42.7 Å². The van der Waals surface area contributed by atoms with Gasteiger partial charge in [-0.1, -0.05) is 17.2 Å². The molecule has 1 fully saturated rings. The van der Waals surface area contributed by atoms with Crippen molar-refractivity contribution in [3.8, 4) is 0 Å². The van der Waals surface area contributed by atoms with Gasteiger partial charge in [0.2, 0.25) is 0 Å². The number of aliphatic hydroxyl groups is 1. The fourth-order valence-electron chi connectivity index (χ4n) is 3.59. The molecule has 2 amide bonds. The Labute approximate surface area is 150 Å². The maximum atomic E-state index is 12.5. The van der Waals surface area contributed by atoms with E-state index < -0.39 is 5.60 Å². The molecule has 26 heavy (non-hydrogen) atoms. The summed E-state index contributed by atoms with van der Waals surface area (Å²) in [5, 5.41) is 21.5.